The molecule has 0 saturated carbocycles. The smallest absolute Gasteiger partial charge is 0.336 e. The molecular weight excluding hydrogens is 486 g/mol. The molecule has 2 aromatic carbocycles. The van der Waals surface area contributed by atoms with Crippen molar-refractivity contribution < 1.29 is 23.8 Å². The first-order chi connectivity index (χ1) is 17.9. The van der Waals surface area contributed by atoms with Gasteiger partial charge in [0.15, 0.2) is 17.3 Å². The number of aryl methyl sites for hydroxylation is 1. The van der Waals surface area contributed by atoms with Crippen LogP contribution in [-0.4, -0.2) is 44.1 Å². The van der Waals surface area contributed by atoms with Gasteiger partial charge in [0.25, 0.3) is 0 Å². The molecular formula is C30H35NO5S. The number of hydrogen-bond acceptors (Lipinski definition) is 7. The number of allylic oxidation sites excluding steroid dienone is 3. The van der Waals surface area contributed by atoms with Crippen LogP contribution in [0, 0.1) is 6.92 Å². The molecule has 0 aromatic heterocycles. The number of esters is 1. The van der Waals surface area contributed by atoms with E-state index in [0.29, 0.717) is 42.1 Å². The molecule has 0 spiro atoms. The van der Waals surface area contributed by atoms with Crippen LogP contribution >= 0.6 is 11.8 Å². The zero-order valence-electron chi connectivity index (χ0n) is 22.2. The zero-order chi connectivity index (χ0) is 26.5. The molecule has 0 saturated heterocycles. The number of carbonyl (C=O) groups excluding carboxylic acids is 2. The SMILES string of the molecule is CCSCCOC(=O)C1=C(C)NC2=C(C(=O)CC(c3ccc(OC)c(OC)c3)C2)C1c1cccc(C)c1. The van der Waals surface area contributed by atoms with Crippen molar-refractivity contribution in [2.24, 2.45) is 0 Å². The summed E-state index contributed by atoms with van der Waals surface area (Å²) in [6, 6.07) is 13.9. The van der Waals surface area contributed by atoms with E-state index in [9.17, 15) is 9.59 Å². The third-order valence-corrected chi connectivity index (χ3v) is 7.83. The van der Waals surface area contributed by atoms with Gasteiger partial charge in [-0.3, -0.25) is 4.79 Å². The highest BCUT2D eigenvalue weighted by molar-refractivity contribution is 7.99. The zero-order valence-corrected chi connectivity index (χ0v) is 23.0. The van der Waals surface area contributed by atoms with Crippen molar-refractivity contribution in [1.29, 1.82) is 0 Å². The Morgan fingerprint density at radius 3 is 2.51 bits per heavy atom. The van der Waals surface area contributed by atoms with Crippen LogP contribution in [-0.2, 0) is 14.3 Å². The van der Waals surface area contributed by atoms with Crippen LogP contribution in [0.5, 0.6) is 11.5 Å². The van der Waals surface area contributed by atoms with Gasteiger partial charge < -0.3 is 19.5 Å². The Balaban J connectivity index is 1.71. The van der Waals surface area contributed by atoms with Crippen molar-refractivity contribution in [1.82, 2.24) is 5.32 Å². The molecule has 0 bridgehead atoms. The van der Waals surface area contributed by atoms with Gasteiger partial charge in [-0.15, -0.1) is 0 Å². The lowest BCUT2D eigenvalue weighted by Gasteiger charge is -2.37. The van der Waals surface area contributed by atoms with Crippen molar-refractivity contribution >= 4 is 23.5 Å². The number of ether oxygens (including phenoxy) is 3. The summed E-state index contributed by atoms with van der Waals surface area (Å²) in [6.07, 6.45) is 1.01. The minimum absolute atomic E-state index is 0.0101. The van der Waals surface area contributed by atoms with Gasteiger partial charge in [0, 0.05) is 35.1 Å². The number of carbonyl (C=O) groups is 2. The summed E-state index contributed by atoms with van der Waals surface area (Å²) in [5.41, 5.74) is 5.83. The molecule has 7 heteroatoms. The Morgan fingerprint density at radius 2 is 1.81 bits per heavy atom. The van der Waals surface area contributed by atoms with Crippen LogP contribution in [0.4, 0.5) is 0 Å². The third kappa shape index (κ3) is 5.72. The molecule has 1 N–H and O–H groups in total. The summed E-state index contributed by atoms with van der Waals surface area (Å²) >= 11 is 1.73. The molecule has 1 heterocycles. The van der Waals surface area contributed by atoms with E-state index in [1.807, 2.05) is 50.2 Å². The van der Waals surface area contributed by atoms with Gasteiger partial charge in [-0.05, 0) is 55.2 Å². The second-order valence-electron chi connectivity index (χ2n) is 9.38. The Labute approximate surface area is 223 Å². The number of thioether (sulfide) groups is 1. The highest BCUT2D eigenvalue weighted by Gasteiger charge is 2.41. The molecule has 6 nitrogen and oxygen atoms in total. The lowest BCUT2D eigenvalue weighted by Crippen LogP contribution is -2.36. The van der Waals surface area contributed by atoms with Crippen molar-refractivity contribution in [3.05, 3.63) is 81.7 Å². The van der Waals surface area contributed by atoms with Crippen LogP contribution < -0.4 is 14.8 Å². The lowest BCUT2D eigenvalue weighted by molar-refractivity contribution is -0.138. The fourth-order valence-corrected chi connectivity index (χ4v) is 5.74. The Hall–Kier alpha value is -3.19. The monoisotopic (exact) mass is 521 g/mol. The average molecular weight is 522 g/mol. The summed E-state index contributed by atoms with van der Waals surface area (Å²) in [4.78, 5) is 27.1. The highest BCUT2D eigenvalue weighted by Crippen LogP contribution is 2.46. The van der Waals surface area contributed by atoms with Crippen molar-refractivity contribution in [2.45, 2.75) is 45.4 Å². The normalized spacial score (nSPS) is 19.3. The Morgan fingerprint density at radius 1 is 1.03 bits per heavy atom. The number of benzene rings is 2. The minimum Gasteiger partial charge on any atom is -0.493 e. The number of ketones is 1. The summed E-state index contributed by atoms with van der Waals surface area (Å²) in [7, 11) is 3.22. The predicted molar refractivity (Wildman–Crippen MR) is 147 cm³/mol. The fourth-order valence-electron chi connectivity index (χ4n) is 5.25. The quantitative estimate of drug-likeness (QED) is 0.337. The van der Waals surface area contributed by atoms with Gasteiger partial charge in [0.05, 0.1) is 19.8 Å². The van der Waals surface area contributed by atoms with Crippen LogP contribution in [0.25, 0.3) is 0 Å². The molecule has 2 atom stereocenters. The Bertz CT molecular complexity index is 1250. The first-order valence-electron chi connectivity index (χ1n) is 12.6. The lowest BCUT2D eigenvalue weighted by atomic mass is 9.71. The summed E-state index contributed by atoms with van der Waals surface area (Å²) in [6.45, 7) is 6.34. The van der Waals surface area contributed by atoms with Gasteiger partial charge in [-0.25, -0.2) is 4.79 Å². The maximum absolute atomic E-state index is 13.8. The van der Waals surface area contributed by atoms with Gasteiger partial charge >= 0.3 is 5.97 Å². The molecule has 4 rings (SSSR count). The molecule has 1 aliphatic heterocycles. The molecule has 0 radical (unpaired) electrons. The number of rotatable bonds is 9. The van der Waals surface area contributed by atoms with Crippen LogP contribution in [0.1, 0.15) is 55.2 Å². The van der Waals surface area contributed by atoms with Crippen molar-refractivity contribution in [3.63, 3.8) is 0 Å². The molecule has 0 amide bonds. The van der Waals surface area contributed by atoms with E-state index in [0.717, 1.165) is 39.6 Å². The van der Waals surface area contributed by atoms with Crippen molar-refractivity contribution in [3.8, 4) is 11.5 Å². The molecule has 196 valence electrons. The molecule has 2 unspecified atom stereocenters. The van der Waals surface area contributed by atoms with E-state index in [1.54, 1.807) is 26.0 Å². The van der Waals surface area contributed by atoms with Crippen LogP contribution in [0.3, 0.4) is 0 Å². The predicted octanol–water partition coefficient (Wildman–Crippen LogP) is 5.67. The number of methoxy groups -OCH3 is 2. The number of dihydropyridines is 1. The summed E-state index contributed by atoms with van der Waals surface area (Å²) in [5.74, 6) is 2.22. The standard InChI is InChI=1S/C30H35NO5S/c1-6-37-13-12-36-30(33)27-19(3)31-23-15-22(20-10-11-25(34-4)26(17-20)35-5)16-24(32)29(23)28(27)21-9-7-8-18(2)14-21/h7-11,14,17,22,28,31H,6,12-13,15-16H2,1-5H3. The Kier molecular flexibility index (Phi) is 8.64. The molecule has 0 fully saturated rings. The van der Waals surface area contributed by atoms with Gasteiger partial charge in [-0.1, -0.05) is 42.8 Å². The van der Waals surface area contributed by atoms with Crippen LogP contribution in [0.15, 0.2) is 65.0 Å². The summed E-state index contributed by atoms with van der Waals surface area (Å²) in [5, 5.41) is 3.42. The summed E-state index contributed by atoms with van der Waals surface area (Å²) < 4.78 is 16.5. The number of hydrogen-bond donors (Lipinski definition) is 1. The first-order valence-corrected chi connectivity index (χ1v) is 13.8. The van der Waals surface area contributed by atoms with E-state index in [-0.39, 0.29) is 17.7 Å². The number of Topliss-reactive ketones (excluding diaryl/α,β-unsaturated/α-hetero) is 1. The first kappa shape index (κ1) is 26.9. The highest BCUT2D eigenvalue weighted by atomic mass is 32.2. The molecule has 37 heavy (non-hydrogen) atoms. The topological polar surface area (TPSA) is 73.9 Å². The van der Waals surface area contributed by atoms with E-state index in [2.05, 4.69) is 18.3 Å². The molecule has 2 aromatic rings. The number of nitrogens with one attached hydrogen (secondary N) is 1. The van der Waals surface area contributed by atoms with Gasteiger partial charge in [0.2, 0.25) is 0 Å². The van der Waals surface area contributed by atoms with Crippen molar-refractivity contribution in [2.75, 3.05) is 32.3 Å². The van der Waals surface area contributed by atoms with Crippen LogP contribution in [0.2, 0.25) is 0 Å². The van der Waals surface area contributed by atoms with E-state index in [1.165, 1.54) is 0 Å². The minimum atomic E-state index is -0.457. The average Bonchev–Trinajstić information content (AvgIpc) is 2.89. The fraction of sp³-hybridized carbons (Fsp3) is 0.400. The van der Waals surface area contributed by atoms with E-state index in [4.69, 9.17) is 14.2 Å². The second-order valence-corrected chi connectivity index (χ2v) is 10.8. The maximum Gasteiger partial charge on any atom is 0.336 e. The van der Waals surface area contributed by atoms with E-state index < -0.39 is 5.92 Å². The largest absolute Gasteiger partial charge is 0.493 e. The van der Waals surface area contributed by atoms with Gasteiger partial charge in [-0.2, -0.15) is 11.8 Å². The van der Waals surface area contributed by atoms with Gasteiger partial charge in [0.1, 0.15) is 6.61 Å². The third-order valence-electron chi connectivity index (χ3n) is 6.97. The molecule has 1 aliphatic carbocycles. The van der Waals surface area contributed by atoms with E-state index >= 15 is 0 Å². The molecule has 2 aliphatic rings. The maximum atomic E-state index is 13.8. The second kappa shape index (κ2) is 11.9.